The van der Waals surface area contributed by atoms with Crippen LogP contribution in [0.2, 0.25) is 5.02 Å². The number of carbonyl (C=O) groups excluding carboxylic acids is 1. The number of halogens is 2. The number of aliphatic hydroxyl groups excluding tert-OH is 1. The summed E-state index contributed by atoms with van der Waals surface area (Å²) in [6, 6.07) is 18.6. The molecule has 11 nitrogen and oxygen atoms in total. The molecule has 0 unspecified atom stereocenters. The predicted octanol–water partition coefficient (Wildman–Crippen LogP) is 6.23. The van der Waals surface area contributed by atoms with E-state index in [1.165, 1.54) is 0 Å². The lowest BCUT2D eigenvalue weighted by molar-refractivity contribution is -0.119. The summed E-state index contributed by atoms with van der Waals surface area (Å²) in [4.78, 5) is 22.9. The van der Waals surface area contributed by atoms with Gasteiger partial charge in [0.2, 0.25) is 23.6 Å². The Morgan fingerprint density at radius 2 is 1.92 bits per heavy atom. The van der Waals surface area contributed by atoms with Gasteiger partial charge >= 0.3 is 0 Å². The van der Waals surface area contributed by atoms with Crippen LogP contribution in [-0.2, 0) is 24.3 Å². The van der Waals surface area contributed by atoms with Gasteiger partial charge in [-0.15, -0.1) is 0 Å². The molecule has 1 amide bonds. The maximum Gasteiger partial charge on any atom is 0.236 e. The van der Waals surface area contributed by atoms with Crippen LogP contribution in [0.15, 0.2) is 59.0 Å². The summed E-state index contributed by atoms with van der Waals surface area (Å²) < 4.78 is 34.6. The molecule has 13 heteroatoms. The second kappa shape index (κ2) is 14.8. The molecular formula is C40H38ClFN6O5. The van der Waals surface area contributed by atoms with Crippen molar-refractivity contribution in [2.45, 2.75) is 63.4 Å². The monoisotopic (exact) mass is 736 g/mol. The Bertz CT molecular complexity index is 2260. The third kappa shape index (κ3) is 7.05. The number of amides is 1. The average molecular weight is 737 g/mol. The number of fused-ring (bicyclic) bond motifs is 2. The zero-order valence-electron chi connectivity index (χ0n) is 29.1. The van der Waals surface area contributed by atoms with Crippen molar-refractivity contribution in [2.75, 3.05) is 26.7 Å². The number of pyridine rings is 1. The molecule has 3 atom stereocenters. The molecule has 8 rings (SSSR count). The third-order valence-electron chi connectivity index (χ3n) is 10.3. The summed E-state index contributed by atoms with van der Waals surface area (Å²) in [5.74, 6) is 0.346. The zero-order valence-corrected chi connectivity index (χ0v) is 29.9. The number of aromatic nitrogens is 2. The number of benzene rings is 3. The highest BCUT2D eigenvalue weighted by Crippen LogP contribution is 2.43. The van der Waals surface area contributed by atoms with Gasteiger partial charge in [-0.05, 0) is 72.2 Å². The van der Waals surface area contributed by atoms with Crippen LogP contribution in [-0.4, -0.2) is 64.8 Å². The van der Waals surface area contributed by atoms with Gasteiger partial charge in [0, 0.05) is 56.3 Å². The summed E-state index contributed by atoms with van der Waals surface area (Å²) >= 11 is 6.70. The Morgan fingerprint density at radius 3 is 2.70 bits per heavy atom. The average Bonchev–Trinajstić information content (AvgIpc) is 3.96. The molecule has 2 fully saturated rings. The normalized spacial score (nSPS) is 19.8. The van der Waals surface area contributed by atoms with Crippen molar-refractivity contribution in [1.82, 2.24) is 25.5 Å². The maximum absolute atomic E-state index is 16.5. The Hall–Kier alpha value is -5.06. The molecule has 0 bridgehead atoms. The van der Waals surface area contributed by atoms with E-state index >= 15 is 4.39 Å². The predicted molar refractivity (Wildman–Crippen MR) is 196 cm³/mol. The third-order valence-corrected chi connectivity index (χ3v) is 10.6. The maximum atomic E-state index is 16.5. The molecule has 2 saturated heterocycles. The first-order chi connectivity index (χ1) is 25.8. The topological polar surface area (TPSA) is 146 Å². The molecular weight excluding hydrogens is 699 g/mol. The Morgan fingerprint density at radius 1 is 1.09 bits per heavy atom. The van der Waals surface area contributed by atoms with Crippen LogP contribution in [0.25, 0.3) is 33.7 Å². The van der Waals surface area contributed by atoms with Gasteiger partial charge in [0.15, 0.2) is 5.58 Å². The number of carbonyl (C=O) groups is 1. The Kier molecular flexibility index (Phi) is 9.74. The van der Waals surface area contributed by atoms with E-state index < -0.39 is 5.82 Å². The van der Waals surface area contributed by atoms with E-state index in [9.17, 15) is 15.2 Å². The van der Waals surface area contributed by atoms with E-state index in [2.05, 4.69) is 31.6 Å². The van der Waals surface area contributed by atoms with Crippen molar-refractivity contribution in [3.05, 3.63) is 93.3 Å². The number of nitrogens with zero attached hydrogens (tertiary/aromatic N) is 4. The lowest BCUT2D eigenvalue weighted by Gasteiger charge is -2.20. The first kappa shape index (κ1) is 35.0. The number of nitriles is 1. The molecule has 0 radical (unpaired) electrons. The molecule has 272 valence electrons. The van der Waals surface area contributed by atoms with Crippen LogP contribution >= 0.6 is 11.6 Å². The lowest BCUT2D eigenvalue weighted by atomic mass is 9.95. The van der Waals surface area contributed by atoms with Crippen molar-refractivity contribution in [3.63, 3.8) is 0 Å². The number of nitrogens with one attached hydrogen (secondary N) is 2. The van der Waals surface area contributed by atoms with Crippen LogP contribution in [0.5, 0.6) is 11.8 Å². The van der Waals surface area contributed by atoms with Crippen molar-refractivity contribution in [1.29, 1.82) is 5.26 Å². The van der Waals surface area contributed by atoms with Crippen LogP contribution in [0.3, 0.4) is 0 Å². The SMILES string of the molecule is COc1nc(O[C@@H]2CCc3c(-c4cccc(-c5nc6cc(CNC[C@@H]7CCC(=O)N7)cc(C#N)c6o5)c4F)cccc32)c(Cl)cc1CN1CC[C@@H](O)C1. The number of aliphatic hydroxyl groups is 1. The first-order valence-electron chi connectivity index (χ1n) is 17.8. The van der Waals surface area contributed by atoms with Gasteiger partial charge in [-0.1, -0.05) is 41.9 Å². The summed E-state index contributed by atoms with van der Waals surface area (Å²) in [5, 5.41) is 26.5. The van der Waals surface area contributed by atoms with E-state index in [-0.39, 0.29) is 41.5 Å². The molecule has 0 spiro atoms. The van der Waals surface area contributed by atoms with Gasteiger partial charge in [-0.3, -0.25) is 9.69 Å². The highest BCUT2D eigenvalue weighted by molar-refractivity contribution is 6.31. The second-order valence-electron chi connectivity index (χ2n) is 13.9. The number of likely N-dealkylation sites (tertiary alicyclic amines) is 1. The van der Waals surface area contributed by atoms with Gasteiger partial charge in [0.25, 0.3) is 0 Å². The van der Waals surface area contributed by atoms with E-state index in [1.807, 2.05) is 30.3 Å². The molecule has 0 saturated carbocycles. The minimum Gasteiger partial charge on any atom is -0.481 e. The fourth-order valence-corrected chi connectivity index (χ4v) is 7.93. The van der Waals surface area contributed by atoms with Gasteiger partial charge in [-0.2, -0.15) is 10.2 Å². The lowest BCUT2D eigenvalue weighted by Crippen LogP contribution is -2.35. The van der Waals surface area contributed by atoms with Crippen molar-refractivity contribution >= 4 is 28.6 Å². The van der Waals surface area contributed by atoms with Gasteiger partial charge in [0.1, 0.15) is 28.5 Å². The number of ether oxygens (including phenoxy) is 2. The van der Waals surface area contributed by atoms with E-state index in [1.54, 1.807) is 31.4 Å². The first-order valence-corrected chi connectivity index (χ1v) is 18.2. The Labute approximate surface area is 310 Å². The van der Waals surface area contributed by atoms with Crippen molar-refractivity contribution in [3.8, 4) is 40.4 Å². The standard InChI is InChI=1S/C40H38ClFN6O5/c1-51-38-24(20-48-13-12-26(49)21-48)16-32(41)40(47-38)52-34-10-9-28-27(4-2-5-29(28)34)30-6-3-7-31(36(30)42)39-46-33-15-22(14-23(17-43)37(33)53-39)18-44-19-25-8-11-35(50)45-25/h2-7,14-16,25-26,34,44,49H,8-13,18-21H2,1H3,(H,45,50)/t25-,26+,34+/m0/s1. The van der Waals surface area contributed by atoms with Crippen LogP contribution in [0, 0.1) is 17.1 Å². The molecule has 5 aromatic rings. The molecule has 3 aromatic carbocycles. The van der Waals surface area contributed by atoms with Crippen LogP contribution in [0.1, 0.15) is 59.6 Å². The fraction of sp³-hybridized carbons (Fsp3) is 0.350. The number of oxazole rings is 1. The summed E-state index contributed by atoms with van der Waals surface area (Å²) in [5.41, 5.74) is 5.95. The molecule has 2 aromatic heterocycles. The number of hydrogen-bond donors (Lipinski definition) is 3. The molecule has 3 aliphatic rings. The summed E-state index contributed by atoms with van der Waals surface area (Å²) in [7, 11) is 1.56. The fourth-order valence-electron chi connectivity index (χ4n) is 7.71. The quantitative estimate of drug-likeness (QED) is 0.143. The van der Waals surface area contributed by atoms with Crippen LogP contribution < -0.4 is 20.1 Å². The van der Waals surface area contributed by atoms with Crippen LogP contribution in [0.4, 0.5) is 4.39 Å². The van der Waals surface area contributed by atoms with E-state index in [4.69, 9.17) is 25.5 Å². The van der Waals surface area contributed by atoms with Gasteiger partial charge in [-0.25, -0.2) is 9.37 Å². The summed E-state index contributed by atoms with van der Waals surface area (Å²) in [6.07, 6.45) is 2.66. The number of β-amino-alcohol motifs (C(OH)–C–C–N with tert-alkyl or cyclic N) is 1. The zero-order chi connectivity index (χ0) is 36.6. The molecule has 4 heterocycles. The van der Waals surface area contributed by atoms with Gasteiger partial charge in [0.05, 0.1) is 24.3 Å². The highest BCUT2D eigenvalue weighted by Gasteiger charge is 2.30. The Balaban J connectivity index is 1.03. The number of hydrogen-bond acceptors (Lipinski definition) is 10. The smallest absolute Gasteiger partial charge is 0.236 e. The van der Waals surface area contributed by atoms with Crippen molar-refractivity contribution in [2.24, 2.45) is 0 Å². The second-order valence-corrected chi connectivity index (χ2v) is 14.3. The van der Waals surface area contributed by atoms with E-state index in [0.29, 0.717) is 78.6 Å². The molecule has 1 aliphatic carbocycles. The number of methoxy groups -OCH3 is 1. The van der Waals surface area contributed by atoms with E-state index in [0.717, 1.165) is 47.2 Å². The van der Waals surface area contributed by atoms with Crippen molar-refractivity contribution < 1.29 is 28.2 Å². The molecule has 3 N–H and O–H groups in total. The molecule has 53 heavy (non-hydrogen) atoms. The molecule has 2 aliphatic heterocycles. The minimum absolute atomic E-state index is 0.0596. The summed E-state index contributed by atoms with van der Waals surface area (Å²) in [6.45, 7) is 3.01. The minimum atomic E-state index is -0.480. The highest BCUT2D eigenvalue weighted by atomic mass is 35.5. The number of rotatable bonds is 11. The largest absolute Gasteiger partial charge is 0.481 e. The van der Waals surface area contributed by atoms with Gasteiger partial charge < -0.3 is 29.6 Å².